The highest BCUT2D eigenvalue weighted by Crippen LogP contribution is 2.27. The van der Waals surface area contributed by atoms with Gasteiger partial charge in [-0.25, -0.2) is 0 Å². The molecule has 63 valence electrons. The third kappa shape index (κ3) is 1.54. The van der Waals surface area contributed by atoms with Gasteiger partial charge in [-0.3, -0.25) is 0 Å². The summed E-state index contributed by atoms with van der Waals surface area (Å²) in [5.74, 6) is 0.272. The van der Waals surface area contributed by atoms with Gasteiger partial charge in [0, 0.05) is 5.56 Å². The van der Waals surface area contributed by atoms with Crippen LogP contribution in [0.15, 0.2) is 48.5 Å². The van der Waals surface area contributed by atoms with Gasteiger partial charge >= 0.3 is 0 Å². The fourth-order valence-electron chi connectivity index (χ4n) is 1.26. The predicted molar refractivity (Wildman–Crippen MR) is 52.4 cm³/mol. The molecule has 1 heteroatoms. The summed E-state index contributed by atoms with van der Waals surface area (Å²) in [6.45, 7) is 0. The van der Waals surface area contributed by atoms with Gasteiger partial charge in [0.1, 0.15) is 5.75 Å². The molecule has 0 atom stereocenters. The molecule has 2 aromatic carbocycles. The first-order valence-electron chi connectivity index (χ1n) is 4.13. The highest BCUT2D eigenvalue weighted by molar-refractivity contribution is 5.68. The van der Waals surface area contributed by atoms with Crippen LogP contribution in [0, 0.1) is 6.07 Å². The molecule has 0 unspecified atom stereocenters. The number of hydrogen-bond acceptors (Lipinski definition) is 1. The van der Waals surface area contributed by atoms with Crippen LogP contribution in [0.1, 0.15) is 0 Å². The molecule has 0 aromatic heterocycles. The Morgan fingerprint density at radius 3 is 2.38 bits per heavy atom. The number of benzene rings is 2. The summed E-state index contributed by atoms with van der Waals surface area (Å²) in [6.07, 6.45) is 0. The van der Waals surface area contributed by atoms with E-state index in [0.29, 0.717) is 0 Å². The topological polar surface area (TPSA) is 20.2 Å². The first kappa shape index (κ1) is 7.87. The molecule has 0 amide bonds. The number of phenols is 1. The molecular formula is C12H9O. The van der Waals surface area contributed by atoms with Gasteiger partial charge in [0.25, 0.3) is 0 Å². The van der Waals surface area contributed by atoms with Crippen molar-refractivity contribution in [3.8, 4) is 16.9 Å². The van der Waals surface area contributed by atoms with E-state index in [-0.39, 0.29) is 5.75 Å². The zero-order valence-corrected chi connectivity index (χ0v) is 7.07. The maximum absolute atomic E-state index is 9.53. The van der Waals surface area contributed by atoms with E-state index in [0.717, 1.165) is 11.1 Å². The van der Waals surface area contributed by atoms with E-state index in [1.54, 1.807) is 18.2 Å². The van der Waals surface area contributed by atoms with Crippen molar-refractivity contribution in [3.63, 3.8) is 0 Å². The SMILES string of the molecule is Oc1ccc[c]c1-c1ccccc1. The van der Waals surface area contributed by atoms with Crippen LogP contribution in [0.5, 0.6) is 5.75 Å². The maximum atomic E-state index is 9.53. The number of aromatic hydroxyl groups is 1. The van der Waals surface area contributed by atoms with Gasteiger partial charge in [0.05, 0.1) is 0 Å². The van der Waals surface area contributed by atoms with Gasteiger partial charge in [-0.2, -0.15) is 0 Å². The van der Waals surface area contributed by atoms with Crippen molar-refractivity contribution in [1.29, 1.82) is 0 Å². The Labute approximate surface area is 77.3 Å². The van der Waals surface area contributed by atoms with E-state index < -0.39 is 0 Å². The third-order valence-electron chi connectivity index (χ3n) is 1.90. The fourth-order valence-corrected chi connectivity index (χ4v) is 1.26. The van der Waals surface area contributed by atoms with E-state index in [4.69, 9.17) is 0 Å². The second-order valence-electron chi connectivity index (χ2n) is 2.80. The minimum Gasteiger partial charge on any atom is -0.507 e. The van der Waals surface area contributed by atoms with Crippen LogP contribution in [0.4, 0.5) is 0 Å². The minimum absolute atomic E-state index is 0.272. The summed E-state index contributed by atoms with van der Waals surface area (Å²) in [5.41, 5.74) is 1.74. The molecule has 1 nitrogen and oxygen atoms in total. The Hall–Kier alpha value is -1.76. The van der Waals surface area contributed by atoms with Crippen LogP contribution in [0.25, 0.3) is 11.1 Å². The van der Waals surface area contributed by atoms with E-state index in [1.165, 1.54) is 0 Å². The Kier molecular flexibility index (Phi) is 2.01. The van der Waals surface area contributed by atoms with Crippen molar-refractivity contribution in [2.45, 2.75) is 0 Å². The molecule has 13 heavy (non-hydrogen) atoms. The summed E-state index contributed by atoms with van der Waals surface area (Å²) in [6, 6.07) is 18.0. The average Bonchev–Trinajstić information content (AvgIpc) is 2.20. The molecule has 1 radical (unpaired) electrons. The number of phenolic OH excluding ortho intramolecular Hbond substituents is 1. The highest BCUT2D eigenvalue weighted by Gasteiger charge is 2.00. The molecule has 0 aliphatic heterocycles. The van der Waals surface area contributed by atoms with Crippen molar-refractivity contribution in [2.24, 2.45) is 0 Å². The van der Waals surface area contributed by atoms with E-state index in [9.17, 15) is 5.11 Å². The quantitative estimate of drug-likeness (QED) is 0.696. The minimum atomic E-state index is 0.272. The van der Waals surface area contributed by atoms with Gasteiger partial charge in [-0.15, -0.1) is 0 Å². The number of hydrogen-bond donors (Lipinski definition) is 1. The molecule has 0 aliphatic rings. The molecule has 0 heterocycles. The van der Waals surface area contributed by atoms with Crippen molar-refractivity contribution >= 4 is 0 Å². The molecule has 1 N–H and O–H groups in total. The second kappa shape index (κ2) is 3.31. The van der Waals surface area contributed by atoms with Crippen LogP contribution in [0.3, 0.4) is 0 Å². The zero-order chi connectivity index (χ0) is 9.10. The first-order chi connectivity index (χ1) is 6.38. The van der Waals surface area contributed by atoms with Crippen LogP contribution >= 0.6 is 0 Å². The summed E-state index contributed by atoms with van der Waals surface area (Å²) >= 11 is 0. The molecule has 0 aliphatic carbocycles. The smallest absolute Gasteiger partial charge is 0.124 e. The lowest BCUT2D eigenvalue weighted by Gasteiger charge is -2.02. The van der Waals surface area contributed by atoms with Crippen molar-refractivity contribution < 1.29 is 5.11 Å². The molecule has 2 rings (SSSR count). The highest BCUT2D eigenvalue weighted by atomic mass is 16.3. The van der Waals surface area contributed by atoms with Crippen LogP contribution in [-0.2, 0) is 0 Å². The molecule has 0 spiro atoms. The summed E-state index contributed by atoms with van der Waals surface area (Å²) in [4.78, 5) is 0. The van der Waals surface area contributed by atoms with E-state index in [1.807, 2.05) is 30.3 Å². The predicted octanol–water partition coefficient (Wildman–Crippen LogP) is 2.86. The van der Waals surface area contributed by atoms with Crippen LogP contribution in [-0.4, -0.2) is 5.11 Å². The van der Waals surface area contributed by atoms with Gasteiger partial charge in [0.2, 0.25) is 0 Å². The Morgan fingerprint density at radius 2 is 1.69 bits per heavy atom. The normalized spacial score (nSPS) is 9.85. The standard InChI is InChI=1S/C12H9O/c13-12-9-5-4-8-11(12)10-6-2-1-3-7-10/h1-7,9,13H. The van der Waals surface area contributed by atoms with Gasteiger partial charge in [-0.1, -0.05) is 42.5 Å². The van der Waals surface area contributed by atoms with Crippen molar-refractivity contribution in [3.05, 3.63) is 54.6 Å². The Balaban J connectivity index is 2.54. The fraction of sp³-hybridized carbons (Fsp3) is 0. The molecular weight excluding hydrogens is 160 g/mol. The van der Waals surface area contributed by atoms with Gasteiger partial charge < -0.3 is 5.11 Å². The molecule has 0 saturated heterocycles. The summed E-state index contributed by atoms with van der Waals surface area (Å²) < 4.78 is 0. The van der Waals surface area contributed by atoms with E-state index in [2.05, 4.69) is 6.07 Å². The zero-order valence-electron chi connectivity index (χ0n) is 7.07. The monoisotopic (exact) mass is 169 g/mol. The maximum Gasteiger partial charge on any atom is 0.124 e. The molecule has 0 fully saturated rings. The molecule has 0 bridgehead atoms. The lowest BCUT2D eigenvalue weighted by Crippen LogP contribution is -1.77. The molecule has 0 saturated carbocycles. The second-order valence-corrected chi connectivity index (χ2v) is 2.80. The average molecular weight is 169 g/mol. The third-order valence-corrected chi connectivity index (χ3v) is 1.90. The van der Waals surface area contributed by atoms with Crippen LogP contribution in [0.2, 0.25) is 0 Å². The Morgan fingerprint density at radius 1 is 0.923 bits per heavy atom. The lowest BCUT2D eigenvalue weighted by atomic mass is 10.1. The van der Waals surface area contributed by atoms with Crippen molar-refractivity contribution in [2.75, 3.05) is 0 Å². The largest absolute Gasteiger partial charge is 0.507 e. The Bertz CT molecular complexity index is 393. The first-order valence-corrected chi connectivity index (χ1v) is 4.13. The molecule has 2 aromatic rings. The summed E-state index contributed by atoms with van der Waals surface area (Å²) in [7, 11) is 0. The van der Waals surface area contributed by atoms with Crippen molar-refractivity contribution in [1.82, 2.24) is 0 Å². The summed E-state index contributed by atoms with van der Waals surface area (Å²) in [5, 5.41) is 9.53. The van der Waals surface area contributed by atoms with E-state index >= 15 is 0 Å². The van der Waals surface area contributed by atoms with Gasteiger partial charge in [-0.05, 0) is 17.7 Å². The number of rotatable bonds is 1. The van der Waals surface area contributed by atoms with Gasteiger partial charge in [0.15, 0.2) is 0 Å². The van der Waals surface area contributed by atoms with Crippen LogP contribution < -0.4 is 0 Å². The lowest BCUT2D eigenvalue weighted by molar-refractivity contribution is 0.477.